The van der Waals surface area contributed by atoms with E-state index >= 15 is 0 Å². The van der Waals surface area contributed by atoms with Crippen molar-refractivity contribution in [3.63, 3.8) is 0 Å². The number of amides is 1. The van der Waals surface area contributed by atoms with Crippen LogP contribution in [0.1, 0.15) is 97.0 Å². The Labute approximate surface area is 366 Å². The first-order valence-electron chi connectivity index (χ1n) is 21.8. The second kappa shape index (κ2) is 21.2. The molecular formula is C49H58BrN4O7+. The van der Waals surface area contributed by atoms with Gasteiger partial charge in [0.15, 0.2) is 6.10 Å². The van der Waals surface area contributed by atoms with Crippen LogP contribution in [0.5, 0.6) is 11.5 Å². The molecule has 5 N–H and O–H groups in total. The first-order chi connectivity index (χ1) is 29.7. The summed E-state index contributed by atoms with van der Waals surface area (Å²) in [5, 5.41) is 28.0. The van der Waals surface area contributed by atoms with Crippen molar-refractivity contribution < 1.29 is 33.8 Å². The van der Waals surface area contributed by atoms with Gasteiger partial charge in [0.1, 0.15) is 24.6 Å². The van der Waals surface area contributed by atoms with E-state index in [1.165, 1.54) is 12.1 Å². The van der Waals surface area contributed by atoms with Crippen molar-refractivity contribution in [3.8, 4) is 11.5 Å². The predicted molar refractivity (Wildman–Crippen MR) is 241 cm³/mol. The highest BCUT2D eigenvalue weighted by Crippen LogP contribution is 2.37. The van der Waals surface area contributed by atoms with Gasteiger partial charge in [0.25, 0.3) is 0 Å². The average molecular weight is 895 g/mol. The Morgan fingerprint density at radius 3 is 2.30 bits per heavy atom. The second-order valence-electron chi connectivity index (χ2n) is 16.7. The molecule has 8 rings (SSSR count). The maximum Gasteiger partial charge on any atom is 0.408 e. The summed E-state index contributed by atoms with van der Waals surface area (Å²) in [5.41, 5.74) is 3.25. The highest BCUT2D eigenvalue weighted by molar-refractivity contribution is 9.10. The lowest BCUT2D eigenvalue weighted by molar-refractivity contribution is -0.938. The maximum absolute atomic E-state index is 13.7. The number of nitrogens with one attached hydrogen (secondary N) is 3. The Bertz CT molecular complexity index is 2280. The Hall–Kier alpha value is -5.01. The van der Waals surface area contributed by atoms with E-state index in [0.717, 1.165) is 104 Å². The zero-order chi connectivity index (χ0) is 42.6. The monoisotopic (exact) mass is 893 g/mol. The van der Waals surface area contributed by atoms with Gasteiger partial charge >= 0.3 is 6.09 Å². The van der Waals surface area contributed by atoms with E-state index in [2.05, 4.69) is 31.5 Å². The minimum absolute atomic E-state index is 0.0172. The van der Waals surface area contributed by atoms with Gasteiger partial charge in [0.05, 0.1) is 37.4 Å². The van der Waals surface area contributed by atoms with Crippen LogP contribution >= 0.6 is 15.9 Å². The molecule has 12 heteroatoms. The first kappa shape index (κ1) is 44.1. The number of piperidine rings is 3. The Kier molecular flexibility index (Phi) is 15.3. The number of nitrogens with zero attached hydrogens (tertiary/aromatic N) is 1. The topological polar surface area (TPSA) is 150 Å². The normalized spacial score (nSPS) is 19.3. The lowest BCUT2D eigenvalue weighted by atomic mass is 9.83. The third-order valence-electron chi connectivity index (χ3n) is 12.4. The second-order valence-corrected chi connectivity index (χ2v) is 17.7. The number of hydrogen-bond donors (Lipinski definition) is 5. The smallest absolute Gasteiger partial charge is 0.408 e. The number of phenolic OH excluding ortho intramolecular Hbond substituents is 1. The van der Waals surface area contributed by atoms with Crippen LogP contribution in [0.3, 0.4) is 0 Å². The number of hydrogen-bond acceptors (Lipinski definition) is 8. The standard InChI is InChI=1S/C49H57BrN4O7/c50-38-28-37(29-39(30-38)60-27-13-5-3-1-2-4-12-24-51-31-43(56)40-18-20-42(55)48-41(40)19-21-46(58)52-48)47(36-16-10-7-11-17-36)53-49(59)61-45-33-54(25-22-35(45)23-26-54)32-44(57)34-14-8-6-9-15-34/h6-11,14-21,28-30,35,43,45,47,51,56H,1-5,12-13,22-27,31-33H2,(H2-,52,53,55,58,59)/p+1/t35?,43?,45-,47?,54?/m0/s1. The molecule has 322 valence electrons. The van der Waals surface area contributed by atoms with Crippen molar-refractivity contribution in [2.45, 2.75) is 76.0 Å². The molecule has 0 aliphatic carbocycles. The number of unbranched alkanes of at least 4 members (excludes halogenated alkanes) is 6. The number of ether oxygens (including phenoxy) is 2. The van der Waals surface area contributed by atoms with Crippen molar-refractivity contribution in [2.75, 3.05) is 45.9 Å². The third-order valence-corrected chi connectivity index (χ3v) is 12.8. The largest absolute Gasteiger partial charge is 0.506 e. The molecule has 3 fully saturated rings. The molecule has 0 radical (unpaired) electrons. The number of rotatable bonds is 21. The summed E-state index contributed by atoms with van der Waals surface area (Å²) in [6, 6.07) is 31.1. The van der Waals surface area contributed by atoms with Crippen LogP contribution in [-0.2, 0) is 4.74 Å². The summed E-state index contributed by atoms with van der Waals surface area (Å²) >= 11 is 3.68. The number of ketones is 1. The summed E-state index contributed by atoms with van der Waals surface area (Å²) in [6.45, 7) is 4.72. The highest BCUT2D eigenvalue weighted by atomic mass is 79.9. The Balaban J connectivity index is 0.827. The third kappa shape index (κ3) is 11.9. The molecule has 2 bridgehead atoms. The van der Waals surface area contributed by atoms with Crippen molar-refractivity contribution in [1.29, 1.82) is 0 Å². The van der Waals surface area contributed by atoms with Crippen LogP contribution in [0.15, 0.2) is 112 Å². The van der Waals surface area contributed by atoms with Gasteiger partial charge in [0, 0.05) is 46.8 Å². The van der Waals surface area contributed by atoms with E-state index in [-0.39, 0.29) is 23.2 Å². The summed E-state index contributed by atoms with van der Waals surface area (Å²) in [6.07, 6.45) is 7.95. The van der Waals surface area contributed by atoms with Crippen LogP contribution in [0, 0.1) is 5.92 Å². The van der Waals surface area contributed by atoms with Crippen LogP contribution in [0.2, 0.25) is 0 Å². The number of aromatic nitrogens is 1. The molecule has 1 amide bonds. The fourth-order valence-corrected chi connectivity index (χ4v) is 9.54. The fourth-order valence-electron chi connectivity index (χ4n) is 9.05. The van der Waals surface area contributed by atoms with Crippen molar-refractivity contribution in [3.05, 3.63) is 140 Å². The molecule has 4 aromatic carbocycles. The molecule has 3 aliphatic heterocycles. The van der Waals surface area contributed by atoms with E-state index in [1.807, 2.05) is 78.9 Å². The lowest BCUT2D eigenvalue weighted by Gasteiger charge is -2.51. The van der Waals surface area contributed by atoms with Crippen molar-refractivity contribution in [2.24, 2.45) is 5.92 Å². The van der Waals surface area contributed by atoms with Crippen LogP contribution in [-0.4, -0.2) is 83.5 Å². The molecule has 61 heavy (non-hydrogen) atoms. The SMILES string of the molecule is O=C(NC(c1ccccc1)c1cc(Br)cc(OCCCCCCCCCNCC(O)c2ccc(O)c3[nH]c(=O)ccc23)c1)O[C@H]1C[N+]2(CC(=O)c3ccccc3)CCC1CC2. The molecule has 3 saturated heterocycles. The number of carbonyl (C=O) groups is 2. The molecule has 11 nitrogen and oxygen atoms in total. The number of pyridine rings is 1. The number of Topliss-reactive ketones (excluding diaryl/α,β-unsaturated/α-hetero) is 1. The summed E-state index contributed by atoms with van der Waals surface area (Å²) in [5.74, 6) is 1.15. The van der Waals surface area contributed by atoms with Crippen LogP contribution in [0.4, 0.5) is 4.79 Å². The number of aliphatic hydroxyl groups excluding tert-OH is 1. The van der Waals surface area contributed by atoms with Gasteiger partial charge in [-0.15, -0.1) is 0 Å². The Morgan fingerprint density at radius 1 is 0.836 bits per heavy atom. The summed E-state index contributed by atoms with van der Waals surface area (Å²) in [4.78, 5) is 41.3. The molecule has 0 saturated carbocycles. The van der Waals surface area contributed by atoms with Gasteiger partial charge in [-0.3, -0.25) is 9.59 Å². The number of H-pyrrole nitrogens is 1. The predicted octanol–water partition coefficient (Wildman–Crippen LogP) is 8.74. The number of aromatic hydroxyl groups is 1. The van der Waals surface area contributed by atoms with Gasteiger partial charge in [0.2, 0.25) is 11.3 Å². The van der Waals surface area contributed by atoms with E-state index < -0.39 is 18.2 Å². The average Bonchev–Trinajstić information content (AvgIpc) is 3.26. The summed E-state index contributed by atoms with van der Waals surface area (Å²) in [7, 11) is 0. The first-order valence-corrected chi connectivity index (χ1v) is 22.6. The van der Waals surface area contributed by atoms with E-state index in [9.17, 15) is 24.6 Å². The Morgan fingerprint density at radius 2 is 1.54 bits per heavy atom. The maximum atomic E-state index is 13.7. The van der Waals surface area contributed by atoms with E-state index in [4.69, 9.17) is 9.47 Å². The number of phenols is 1. The molecule has 0 spiro atoms. The van der Waals surface area contributed by atoms with Gasteiger partial charge < -0.3 is 39.8 Å². The zero-order valence-corrected chi connectivity index (χ0v) is 36.3. The minimum atomic E-state index is -0.758. The molecule has 4 heterocycles. The molecule has 3 aliphatic rings. The minimum Gasteiger partial charge on any atom is -0.506 e. The highest BCUT2D eigenvalue weighted by Gasteiger charge is 2.48. The number of carbonyl (C=O) groups excluding carboxylic acids is 2. The number of aromatic amines is 1. The quantitative estimate of drug-likeness (QED) is 0.0279. The fraction of sp³-hybridized carbons (Fsp3) is 0.408. The van der Waals surface area contributed by atoms with Gasteiger partial charge in [-0.25, -0.2) is 4.79 Å². The van der Waals surface area contributed by atoms with Crippen molar-refractivity contribution in [1.82, 2.24) is 15.6 Å². The van der Waals surface area contributed by atoms with E-state index in [1.54, 1.807) is 12.1 Å². The number of aliphatic hydroxyl groups is 1. The van der Waals surface area contributed by atoms with Crippen LogP contribution in [0.25, 0.3) is 10.9 Å². The number of quaternary nitrogens is 1. The molecule has 2 unspecified atom stereocenters. The molecular weight excluding hydrogens is 836 g/mol. The number of alkyl carbamates (subject to hydrolysis) is 1. The van der Waals surface area contributed by atoms with Gasteiger partial charge in [-0.05, 0) is 66.4 Å². The van der Waals surface area contributed by atoms with Crippen molar-refractivity contribution >= 4 is 38.7 Å². The zero-order valence-electron chi connectivity index (χ0n) is 34.7. The van der Waals surface area contributed by atoms with Crippen LogP contribution < -0.4 is 20.9 Å². The molecule has 3 atom stereocenters. The lowest BCUT2D eigenvalue weighted by Crippen LogP contribution is -2.66. The molecule has 1 aromatic heterocycles. The van der Waals surface area contributed by atoms with Gasteiger partial charge in [-0.2, -0.15) is 0 Å². The van der Waals surface area contributed by atoms with Gasteiger partial charge in [-0.1, -0.05) is 115 Å². The number of halogens is 1. The number of fused-ring (bicyclic) bond motifs is 4. The summed E-state index contributed by atoms with van der Waals surface area (Å²) < 4.78 is 14.0. The number of benzene rings is 4. The molecule has 5 aromatic rings. The van der Waals surface area contributed by atoms with E-state index in [0.29, 0.717) is 53.1 Å².